The summed E-state index contributed by atoms with van der Waals surface area (Å²) in [6, 6.07) is 46.4. The smallest absolute Gasteiger partial charge is 0.147 e. The van der Waals surface area contributed by atoms with Crippen LogP contribution in [0, 0.1) is 5.92 Å². The molecule has 254 valence electrons. The number of allylic oxidation sites excluding steroid dienone is 6. The van der Waals surface area contributed by atoms with E-state index in [0.29, 0.717) is 11.8 Å². The first-order chi connectivity index (χ1) is 26.8. The maximum atomic E-state index is 6.83. The predicted octanol–water partition coefficient (Wildman–Crippen LogP) is 14.2. The molecule has 2 aromatic heterocycles. The van der Waals surface area contributed by atoms with Crippen LogP contribution in [0.3, 0.4) is 0 Å². The highest BCUT2D eigenvalue weighted by atomic mass is 16.3. The topological polar surface area (TPSA) is 26.3 Å². The molecule has 2 heterocycles. The Balaban J connectivity index is 1.11. The van der Waals surface area contributed by atoms with E-state index in [2.05, 4.69) is 170 Å². The largest absolute Gasteiger partial charge is 0.455 e. The van der Waals surface area contributed by atoms with Gasteiger partial charge in [-0.2, -0.15) is 0 Å². The monoisotopic (exact) mass is 690 g/mol. The SMILES string of the molecule is C1=CC2C=C(c3ccc4oc5c(-c6ccccc6)c6oc7ccc(-c8cc9ccccc9c9c8CCC=C9)cc7c6cc5c4c3)c3ccccc3C2C=C1. The second-order valence-electron chi connectivity index (χ2n) is 15.0. The number of rotatable bonds is 3. The maximum absolute atomic E-state index is 6.83. The Bertz CT molecular complexity index is 3160. The molecule has 3 aliphatic rings. The molecule has 2 atom stereocenters. The summed E-state index contributed by atoms with van der Waals surface area (Å²) in [7, 11) is 0. The van der Waals surface area contributed by atoms with Crippen molar-refractivity contribution in [2.45, 2.75) is 18.8 Å². The zero-order valence-corrected chi connectivity index (χ0v) is 29.6. The van der Waals surface area contributed by atoms with Gasteiger partial charge in [0.2, 0.25) is 0 Å². The van der Waals surface area contributed by atoms with Crippen LogP contribution in [-0.2, 0) is 6.42 Å². The van der Waals surface area contributed by atoms with Gasteiger partial charge in [-0.15, -0.1) is 0 Å². The van der Waals surface area contributed by atoms with E-state index in [9.17, 15) is 0 Å². The number of fused-ring (bicyclic) bond motifs is 12. The molecule has 0 aliphatic heterocycles. The van der Waals surface area contributed by atoms with Crippen LogP contribution in [0.1, 0.15) is 40.2 Å². The normalized spacial score (nSPS) is 17.4. The molecule has 2 heteroatoms. The van der Waals surface area contributed by atoms with E-state index in [-0.39, 0.29) is 0 Å². The minimum absolute atomic E-state index is 0.330. The number of furan rings is 2. The summed E-state index contributed by atoms with van der Waals surface area (Å²) in [4.78, 5) is 0. The lowest BCUT2D eigenvalue weighted by atomic mass is 9.73. The molecule has 0 radical (unpaired) electrons. The Hall–Kier alpha value is -6.64. The maximum Gasteiger partial charge on any atom is 0.147 e. The van der Waals surface area contributed by atoms with Gasteiger partial charge in [0.05, 0.1) is 5.56 Å². The van der Waals surface area contributed by atoms with Crippen LogP contribution in [0.4, 0.5) is 0 Å². The van der Waals surface area contributed by atoms with E-state index in [0.717, 1.165) is 67.8 Å². The molecule has 54 heavy (non-hydrogen) atoms. The molecule has 0 N–H and O–H groups in total. The molecular formula is C52H34O2. The van der Waals surface area contributed by atoms with Gasteiger partial charge in [-0.1, -0.05) is 134 Å². The van der Waals surface area contributed by atoms with E-state index >= 15 is 0 Å². The molecule has 0 saturated carbocycles. The zero-order chi connectivity index (χ0) is 35.3. The van der Waals surface area contributed by atoms with E-state index in [1.165, 1.54) is 55.3 Å². The van der Waals surface area contributed by atoms with E-state index in [1.807, 2.05) is 0 Å². The van der Waals surface area contributed by atoms with E-state index < -0.39 is 0 Å². The molecule has 0 amide bonds. The fourth-order valence-corrected chi connectivity index (χ4v) is 9.57. The lowest BCUT2D eigenvalue weighted by Crippen LogP contribution is -2.16. The number of hydrogen-bond donors (Lipinski definition) is 0. The molecule has 0 fully saturated rings. The Kier molecular flexibility index (Phi) is 6.32. The van der Waals surface area contributed by atoms with Gasteiger partial charge < -0.3 is 8.83 Å². The van der Waals surface area contributed by atoms with Crippen molar-refractivity contribution in [2.24, 2.45) is 5.92 Å². The van der Waals surface area contributed by atoms with Crippen molar-refractivity contribution >= 4 is 66.3 Å². The van der Waals surface area contributed by atoms with Gasteiger partial charge in [0.25, 0.3) is 0 Å². The first-order valence-electron chi connectivity index (χ1n) is 19.1. The van der Waals surface area contributed by atoms with Gasteiger partial charge >= 0.3 is 0 Å². The van der Waals surface area contributed by atoms with E-state index in [1.54, 1.807) is 0 Å². The van der Waals surface area contributed by atoms with Crippen molar-refractivity contribution < 1.29 is 8.83 Å². The van der Waals surface area contributed by atoms with Gasteiger partial charge in [0.1, 0.15) is 22.3 Å². The highest BCUT2D eigenvalue weighted by molar-refractivity contribution is 6.22. The average Bonchev–Trinajstić information content (AvgIpc) is 3.79. The van der Waals surface area contributed by atoms with Crippen LogP contribution in [0.25, 0.3) is 88.6 Å². The Labute approximate surface area is 312 Å². The van der Waals surface area contributed by atoms with Crippen LogP contribution in [0.15, 0.2) is 173 Å². The first-order valence-corrected chi connectivity index (χ1v) is 19.1. The minimum Gasteiger partial charge on any atom is -0.455 e. The molecule has 0 bridgehead atoms. The first kappa shape index (κ1) is 29.9. The van der Waals surface area contributed by atoms with Crippen LogP contribution in [0.5, 0.6) is 0 Å². The zero-order valence-electron chi connectivity index (χ0n) is 29.6. The van der Waals surface area contributed by atoms with Gasteiger partial charge in [-0.05, 0) is 110 Å². The second kappa shape index (κ2) is 11.4. The Morgan fingerprint density at radius 1 is 0.537 bits per heavy atom. The molecule has 0 spiro atoms. The van der Waals surface area contributed by atoms with Crippen LogP contribution >= 0.6 is 0 Å². The van der Waals surface area contributed by atoms with Crippen LogP contribution in [-0.4, -0.2) is 0 Å². The minimum atomic E-state index is 0.330. The summed E-state index contributed by atoms with van der Waals surface area (Å²) in [6.07, 6.45) is 18.2. The standard InChI is InChI=1S/C52H34O2/c1-2-12-31(13-3-1)50-51-46(44-28-34(22-24-48(44)53-51)42-26-32-14-4-6-16-36(32)38-18-8-10-20-40(38)42)30-47-45-29-35(23-25-49(45)54-52(47)50)43-27-33-15-5-7-17-37(33)39-19-9-11-21-41(39)43/h1-10,12-20,22-30,32,36H,11,21H2. The molecule has 7 aromatic carbocycles. The van der Waals surface area contributed by atoms with Crippen molar-refractivity contribution in [2.75, 3.05) is 0 Å². The number of hydrogen-bond acceptors (Lipinski definition) is 2. The van der Waals surface area contributed by atoms with E-state index in [4.69, 9.17) is 8.83 Å². The molecule has 9 aromatic rings. The summed E-state index contributed by atoms with van der Waals surface area (Å²) in [5.41, 5.74) is 16.0. The van der Waals surface area contributed by atoms with Crippen molar-refractivity contribution in [1.29, 1.82) is 0 Å². The van der Waals surface area contributed by atoms with Gasteiger partial charge in [0.15, 0.2) is 0 Å². The molecule has 12 rings (SSSR count). The predicted molar refractivity (Wildman–Crippen MR) is 225 cm³/mol. The quantitative estimate of drug-likeness (QED) is 0.184. The fourth-order valence-electron chi connectivity index (χ4n) is 9.57. The summed E-state index contributed by atoms with van der Waals surface area (Å²) in [5, 5.41) is 7.02. The highest BCUT2D eigenvalue weighted by Crippen LogP contribution is 2.48. The summed E-state index contributed by atoms with van der Waals surface area (Å²) in [6.45, 7) is 0. The van der Waals surface area contributed by atoms with Crippen LogP contribution in [0.2, 0.25) is 0 Å². The lowest BCUT2D eigenvalue weighted by molar-refractivity contribution is 0.658. The third-order valence-corrected chi connectivity index (χ3v) is 12.1. The van der Waals surface area contributed by atoms with Gasteiger partial charge in [0, 0.05) is 33.4 Å². The molecular weight excluding hydrogens is 657 g/mol. The average molecular weight is 691 g/mol. The van der Waals surface area contributed by atoms with Crippen molar-refractivity contribution in [3.05, 3.63) is 192 Å². The third-order valence-electron chi connectivity index (χ3n) is 12.1. The summed E-state index contributed by atoms with van der Waals surface area (Å²) in [5.74, 6) is 0.697. The van der Waals surface area contributed by atoms with Gasteiger partial charge in [-0.3, -0.25) is 0 Å². The molecule has 0 saturated heterocycles. The second-order valence-corrected chi connectivity index (χ2v) is 15.0. The Morgan fingerprint density at radius 3 is 2.11 bits per heavy atom. The molecule has 2 nitrogen and oxygen atoms in total. The van der Waals surface area contributed by atoms with Crippen molar-refractivity contribution in [1.82, 2.24) is 0 Å². The summed E-state index contributed by atoms with van der Waals surface area (Å²) >= 11 is 0. The van der Waals surface area contributed by atoms with Crippen molar-refractivity contribution in [3.63, 3.8) is 0 Å². The Morgan fingerprint density at radius 2 is 1.26 bits per heavy atom. The molecule has 3 aliphatic carbocycles. The highest BCUT2D eigenvalue weighted by Gasteiger charge is 2.29. The summed E-state index contributed by atoms with van der Waals surface area (Å²) < 4.78 is 13.7. The number of benzene rings is 7. The lowest BCUT2D eigenvalue weighted by Gasteiger charge is -2.31. The van der Waals surface area contributed by atoms with Crippen LogP contribution < -0.4 is 0 Å². The fraction of sp³-hybridized carbons (Fsp3) is 0.0769. The molecule has 2 unspecified atom stereocenters. The van der Waals surface area contributed by atoms with Gasteiger partial charge in [-0.25, -0.2) is 0 Å². The van der Waals surface area contributed by atoms with Crippen molar-refractivity contribution in [3.8, 4) is 22.3 Å². The third kappa shape index (κ3) is 4.34.